The zero-order valence-corrected chi connectivity index (χ0v) is 22.3. The van der Waals surface area contributed by atoms with Gasteiger partial charge in [0.25, 0.3) is 0 Å². The Bertz CT molecular complexity index is 1030. The van der Waals surface area contributed by atoms with Gasteiger partial charge in [0.1, 0.15) is 0 Å². The molecular weight excluding hydrogens is 586 g/mol. The fourth-order valence-corrected chi connectivity index (χ4v) is 5.71. The molecule has 0 heterocycles. The number of rotatable bonds is 2. The Hall–Kier alpha value is -1.67. The molecule has 2 aliphatic carbocycles. The minimum absolute atomic E-state index is 0. The van der Waals surface area contributed by atoms with Crippen LogP contribution in [0, 0.1) is 5.92 Å². The van der Waals surface area contributed by atoms with E-state index in [4.69, 9.17) is 0 Å². The van der Waals surface area contributed by atoms with Gasteiger partial charge in [-0.2, -0.15) is 0 Å². The van der Waals surface area contributed by atoms with Crippen LogP contribution in [-0.2, 0) is 25.8 Å². The molecule has 0 amide bonds. The van der Waals surface area contributed by atoms with Crippen LogP contribution in [0.5, 0.6) is 0 Å². The monoisotopic (exact) mass is 608 g/mol. The van der Waals surface area contributed by atoms with Crippen molar-refractivity contribution in [2.45, 2.75) is 18.8 Å². The third-order valence-corrected chi connectivity index (χ3v) is 6.82. The smallest absolute Gasteiger partial charge is 1.00 e. The predicted octanol–water partition coefficient (Wildman–Crippen LogP) is 1.25. The van der Waals surface area contributed by atoms with Crippen molar-refractivity contribution in [2.24, 2.45) is 5.92 Å². The van der Waals surface area contributed by atoms with Gasteiger partial charge < -0.3 is 24.8 Å². The van der Waals surface area contributed by atoms with Crippen molar-refractivity contribution in [2.75, 3.05) is 0 Å². The predicted molar refractivity (Wildman–Crippen MR) is 117 cm³/mol. The SMILES string of the molecule is CC(C1c2ccccc2-c2ccccc21)C1c2ccccc2-c2ccccc21.[Cl-].[Cl-].[Hf+4]. The summed E-state index contributed by atoms with van der Waals surface area (Å²) in [5.74, 6) is 1.34. The summed E-state index contributed by atoms with van der Waals surface area (Å²) in [4.78, 5) is 0. The van der Waals surface area contributed by atoms with Crippen LogP contribution in [0.2, 0.25) is 0 Å². The van der Waals surface area contributed by atoms with E-state index in [9.17, 15) is 0 Å². The van der Waals surface area contributed by atoms with E-state index in [0.717, 1.165) is 0 Å². The fourth-order valence-electron chi connectivity index (χ4n) is 5.71. The molecule has 0 aliphatic heterocycles. The van der Waals surface area contributed by atoms with E-state index < -0.39 is 0 Å². The first kappa shape index (κ1) is 24.0. The minimum Gasteiger partial charge on any atom is -1.00 e. The van der Waals surface area contributed by atoms with Crippen LogP contribution in [0.25, 0.3) is 22.3 Å². The van der Waals surface area contributed by atoms with Crippen molar-refractivity contribution in [3.63, 3.8) is 0 Å². The molecule has 0 unspecified atom stereocenters. The molecule has 0 saturated carbocycles. The molecule has 4 aromatic rings. The van der Waals surface area contributed by atoms with Crippen LogP contribution in [0.15, 0.2) is 97.1 Å². The van der Waals surface area contributed by atoms with Gasteiger partial charge in [-0.1, -0.05) is 104 Å². The first-order valence-electron chi connectivity index (χ1n) is 10.2. The van der Waals surface area contributed by atoms with Crippen LogP contribution in [0.4, 0.5) is 0 Å². The molecule has 0 spiro atoms. The molecule has 31 heavy (non-hydrogen) atoms. The van der Waals surface area contributed by atoms with E-state index in [1.54, 1.807) is 0 Å². The molecule has 4 aromatic carbocycles. The largest absolute Gasteiger partial charge is 4.00 e. The zero-order valence-electron chi connectivity index (χ0n) is 17.2. The maximum Gasteiger partial charge on any atom is 4.00 e. The van der Waals surface area contributed by atoms with Gasteiger partial charge >= 0.3 is 25.8 Å². The van der Waals surface area contributed by atoms with Crippen LogP contribution in [0.3, 0.4) is 0 Å². The average molecular weight is 608 g/mol. The molecule has 0 atom stereocenters. The summed E-state index contributed by atoms with van der Waals surface area (Å²) in [5, 5.41) is 0. The van der Waals surface area contributed by atoms with Crippen molar-refractivity contribution in [1.82, 2.24) is 0 Å². The van der Waals surface area contributed by atoms with Gasteiger partial charge in [0, 0.05) is 11.8 Å². The molecule has 150 valence electrons. The molecule has 3 heteroatoms. The Morgan fingerprint density at radius 1 is 0.452 bits per heavy atom. The molecule has 0 bridgehead atoms. The van der Waals surface area contributed by atoms with Gasteiger partial charge in [-0.25, -0.2) is 0 Å². The van der Waals surface area contributed by atoms with E-state index in [2.05, 4.69) is 104 Å². The number of halogens is 2. The Kier molecular flexibility index (Phi) is 7.31. The van der Waals surface area contributed by atoms with E-state index in [1.807, 2.05) is 0 Å². The van der Waals surface area contributed by atoms with Crippen molar-refractivity contribution >= 4 is 0 Å². The Labute approximate surface area is 215 Å². The summed E-state index contributed by atoms with van der Waals surface area (Å²) < 4.78 is 0. The topological polar surface area (TPSA) is 0 Å². The molecule has 0 aromatic heterocycles. The molecule has 2 aliphatic rings. The van der Waals surface area contributed by atoms with Crippen molar-refractivity contribution in [3.8, 4) is 22.3 Å². The summed E-state index contributed by atoms with van der Waals surface area (Å²) in [6, 6.07) is 36.0. The van der Waals surface area contributed by atoms with Gasteiger partial charge in [0.05, 0.1) is 0 Å². The molecule has 0 nitrogen and oxygen atoms in total. The van der Waals surface area contributed by atoms with Crippen LogP contribution in [-0.4, -0.2) is 0 Å². The van der Waals surface area contributed by atoms with E-state index in [1.165, 1.54) is 44.5 Å². The first-order chi connectivity index (χ1) is 13.8. The van der Waals surface area contributed by atoms with Gasteiger partial charge in [-0.05, 0) is 50.4 Å². The molecule has 0 fully saturated rings. The summed E-state index contributed by atoms with van der Waals surface area (Å²) in [6.07, 6.45) is 0. The van der Waals surface area contributed by atoms with Crippen molar-refractivity contribution in [1.29, 1.82) is 0 Å². The quantitative estimate of drug-likeness (QED) is 0.301. The molecule has 6 rings (SSSR count). The van der Waals surface area contributed by atoms with E-state index >= 15 is 0 Å². The van der Waals surface area contributed by atoms with E-state index in [-0.39, 0.29) is 50.7 Å². The normalized spacial score (nSPS) is 13.2. The molecule has 0 saturated heterocycles. The molecule has 0 N–H and O–H groups in total. The number of hydrogen-bond acceptors (Lipinski definition) is 0. The van der Waals surface area contributed by atoms with Gasteiger partial charge in [-0.3, -0.25) is 0 Å². The third kappa shape index (κ3) is 3.55. The number of fused-ring (bicyclic) bond motifs is 6. The Morgan fingerprint density at radius 3 is 0.935 bits per heavy atom. The minimum atomic E-state index is 0. The number of benzene rings is 4. The Morgan fingerprint density at radius 2 is 0.677 bits per heavy atom. The zero-order chi connectivity index (χ0) is 18.7. The third-order valence-electron chi connectivity index (χ3n) is 6.82. The van der Waals surface area contributed by atoms with Crippen LogP contribution >= 0.6 is 0 Å². The van der Waals surface area contributed by atoms with Gasteiger partial charge in [0.2, 0.25) is 0 Å². The first-order valence-corrected chi connectivity index (χ1v) is 10.2. The fraction of sp³-hybridized carbons (Fsp3) is 0.143. The summed E-state index contributed by atoms with van der Waals surface area (Å²) in [6.45, 7) is 2.45. The number of hydrogen-bond donors (Lipinski definition) is 0. The van der Waals surface area contributed by atoms with E-state index in [0.29, 0.717) is 17.8 Å². The maximum absolute atomic E-state index is 2.45. The summed E-state index contributed by atoms with van der Waals surface area (Å²) in [7, 11) is 0. The van der Waals surface area contributed by atoms with Crippen LogP contribution in [0.1, 0.15) is 41.0 Å². The second-order valence-electron chi connectivity index (χ2n) is 8.16. The average Bonchev–Trinajstić information content (AvgIpc) is 3.27. The molecule has 0 radical (unpaired) electrons. The summed E-state index contributed by atoms with van der Waals surface area (Å²) >= 11 is 0. The van der Waals surface area contributed by atoms with Gasteiger partial charge in [0.15, 0.2) is 0 Å². The summed E-state index contributed by atoms with van der Waals surface area (Å²) in [5.41, 5.74) is 11.6. The second kappa shape index (κ2) is 9.45. The van der Waals surface area contributed by atoms with Crippen molar-refractivity contribution < 1.29 is 50.7 Å². The Balaban J connectivity index is 0.000000907. The second-order valence-corrected chi connectivity index (χ2v) is 8.16. The van der Waals surface area contributed by atoms with Crippen LogP contribution < -0.4 is 24.8 Å². The van der Waals surface area contributed by atoms with Gasteiger partial charge in [-0.15, -0.1) is 0 Å². The van der Waals surface area contributed by atoms with Crippen molar-refractivity contribution in [3.05, 3.63) is 119 Å². The maximum atomic E-state index is 2.45. The standard InChI is InChI=1S/C28H22.2ClH.Hf/c1-18(27-23-14-6-2-10-19(23)20-11-3-7-15-24(20)27)28-25-16-8-4-12-21(25)22-13-5-9-17-26(22)28;;;/h2-18,27-28H,1H3;2*1H;/q;;;+4/p-2. The molecular formula is C28H22Cl2Hf+2.